The van der Waals surface area contributed by atoms with Crippen LogP contribution in [0.15, 0.2) is 59.0 Å². The summed E-state index contributed by atoms with van der Waals surface area (Å²) in [5, 5.41) is 13.7. The first-order valence-corrected chi connectivity index (χ1v) is 9.13. The SMILES string of the molecule is Cc1ccc2oc(-c3cc(NC(=O)c4ccc(Cl)c(Cl)c4)ccc3O)nc2c1. The lowest BCUT2D eigenvalue weighted by atomic mass is 10.1. The topological polar surface area (TPSA) is 75.4 Å². The van der Waals surface area contributed by atoms with Gasteiger partial charge in [0, 0.05) is 11.3 Å². The third-order valence-corrected chi connectivity index (χ3v) is 4.95. The van der Waals surface area contributed by atoms with Crippen LogP contribution in [0.4, 0.5) is 5.69 Å². The van der Waals surface area contributed by atoms with Gasteiger partial charge in [-0.1, -0.05) is 29.3 Å². The molecule has 3 aromatic carbocycles. The zero-order valence-electron chi connectivity index (χ0n) is 14.7. The zero-order chi connectivity index (χ0) is 19.8. The number of phenols is 1. The fourth-order valence-electron chi connectivity index (χ4n) is 2.78. The Morgan fingerprint density at radius 3 is 2.64 bits per heavy atom. The molecule has 0 fully saturated rings. The Bertz CT molecular complexity index is 1220. The summed E-state index contributed by atoms with van der Waals surface area (Å²) in [6.45, 7) is 1.96. The number of nitrogens with one attached hydrogen (secondary N) is 1. The minimum Gasteiger partial charge on any atom is -0.507 e. The molecule has 4 aromatic rings. The van der Waals surface area contributed by atoms with Crippen LogP contribution in [0.2, 0.25) is 10.0 Å². The molecule has 0 unspecified atom stereocenters. The number of aromatic nitrogens is 1. The lowest BCUT2D eigenvalue weighted by Crippen LogP contribution is -2.11. The van der Waals surface area contributed by atoms with E-state index < -0.39 is 0 Å². The summed E-state index contributed by atoms with van der Waals surface area (Å²) in [5.74, 6) is -0.0945. The third kappa shape index (κ3) is 3.54. The van der Waals surface area contributed by atoms with Crippen molar-refractivity contribution in [1.29, 1.82) is 0 Å². The predicted octanol–water partition coefficient (Wildman–Crippen LogP) is 6.07. The molecule has 0 aliphatic heterocycles. The Morgan fingerprint density at radius 2 is 1.86 bits per heavy atom. The van der Waals surface area contributed by atoms with Gasteiger partial charge >= 0.3 is 0 Å². The molecule has 4 rings (SSSR count). The minimum absolute atomic E-state index is 0.00388. The maximum Gasteiger partial charge on any atom is 0.255 e. The molecule has 2 N–H and O–H groups in total. The molecule has 7 heteroatoms. The second-order valence-corrected chi connectivity index (χ2v) is 7.12. The van der Waals surface area contributed by atoms with E-state index in [1.165, 1.54) is 12.1 Å². The largest absolute Gasteiger partial charge is 0.507 e. The number of amides is 1. The zero-order valence-corrected chi connectivity index (χ0v) is 16.2. The number of oxazole rings is 1. The van der Waals surface area contributed by atoms with Gasteiger partial charge in [-0.2, -0.15) is 0 Å². The predicted molar refractivity (Wildman–Crippen MR) is 110 cm³/mol. The smallest absolute Gasteiger partial charge is 0.255 e. The fourth-order valence-corrected chi connectivity index (χ4v) is 3.08. The van der Waals surface area contributed by atoms with Gasteiger partial charge in [-0.15, -0.1) is 0 Å². The second-order valence-electron chi connectivity index (χ2n) is 6.31. The lowest BCUT2D eigenvalue weighted by molar-refractivity contribution is 0.102. The van der Waals surface area contributed by atoms with Crippen molar-refractivity contribution in [3.8, 4) is 17.2 Å². The van der Waals surface area contributed by atoms with Gasteiger partial charge in [0.15, 0.2) is 5.58 Å². The highest BCUT2D eigenvalue weighted by molar-refractivity contribution is 6.42. The Hall–Kier alpha value is -3.02. The van der Waals surface area contributed by atoms with Crippen LogP contribution in [0, 0.1) is 6.92 Å². The Kier molecular flexibility index (Phi) is 4.71. The highest BCUT2D eigenvalue weighted by atomic mass is 35.5. The molecule has 0 radical (unpaired) electrons. The molecule has 1 amide bonds. The number of halogens is 2. The van der Waals surface area contributed by atoms with E-state index >= 15 is 0 Å². The number of carbonyl (C=O) groups is 1. The van der Waals surface area contributed by atoms with Crippen molar-refractivity contribution in [3.05, 3.63) is 75.8 Å². The summed E-state index contributed by atoms with van der Waals surface area (Å²) in [7, 11) is 0. The third-order valence-electron chi connectivity index (χ3n) is 4.21. The van der Waals surface area contributed by atoms with E-state index in [-0.39, 0.29) is 17.5 Å². The number of anilines is 1. The number of aryl methyl sites for hydroxylation is 1. The average molecular weight is 413 g/mol. The number of aromatic hydroxyl groups is 1. The molecule has 0 spiro atoms. The monoisotopic (exact) mass is 412 g/mol. The minimum atomic E-state index is -0.358. The van der Waals surface area contributed by atoms with Crippen LogP contribution < -0.4 is 5.32 Å². The van der Waals surface area contributed by atoms with E-state index in [1.54, 1.807) is 24.3 Å². The second kappa shape index (κ2) is 7.19. The van der Waals surface area contributed by atoms with Crippen molar-refractivity contribution in [2.24, 2.45) is 0 Å². The molecule has 28 heavy (non-hydrogen) atoms. The normalized spacial score (nSPS) is 11.0. The summed E-state index contributed by atoms with van der Waals surface area (Å²) in [5.41, 5.74) is 3.58. The molecular weight excluding hydrogens is 399 g/mol. The number of phenolic OH excluding ortho intramolecular Hbond substituents is 1. The van der Waals surface area contributed by atoms with Gasteiger partial charge in [-0.3, -0.25) is 4.79 Å². The van der Waals surface area contributed by atoms with Crippen molar-refractivity contribution in [3.63, 3.8) is 0 Å². The van der Waals surface area contributed by atoms with Gasteiger partial charge < -0.3 is 14.8 Å². The first-order valence-electron chi connectivity index (χ1n) is 8.38. The molecule has 0 bridgehead atoms. The van der Waals surface area contributed by atoms with E-state index in [0.29, 0.717) is 38.0 Å². The van der Waals surface area contributed by atoms with E-state index in [2.05, 4.69) is 10.3 Å². The summed E-state index contributed by atoms with van der Waals surface area (Å²) in [6, 6.07) is 14.9. The quantitative estimate of drug-likeness (QED) is 0.400. The number of nitrogens with zero attached hydrogens (tertiary/aromatic N) is 1. The van der Waals surface area contributed by atoms with Gasteiger partial charge in [0.1, 0.15) is 11.3 Å². The van der Waals surface area contributed by atoms with Gasteiger partial charge in [0.05, 0.1) is 15.6 Å². The highest BCUT2D eigenvalue weighted by Gasteiger charge is 2.15. The maximum absolute atomic E-state index is 12.5. The molecule has 5 nitrogen and oxygen atoms in total. The van der Waals surface area contributed by atoms with Gasteiger partial charge in [-0.05, 0) is 61.0 Å². The summed E-state index contributed by atoms with van der Waals surface area (Å²) in [6.07, 6.45) is 0. The van der Waals surface area contributed by atoms with Crippen LogP contribution in [0.1, 0.15) is 15.9 Å². The van der Waals surface area contributed by atoms with Gasteiger partial charge in [0.25, 0.3) is 5.91 Å². The van der Waals surface area contributed by atoms with Gasteiger partial charge in [0.2, 0.25) is 5.89 Å². The first-order chi connectivity index (χ1) is 13.4. The molecule has 0 aliphatic rings. The average Bonchev–Trinajstić information content (AvgIpc) is 3.08. The lowest BCUT2D eigenvalue weighted by Gasteiger charge is -2.08. The van der Waals surface area contributed by atoms with E-state index in [9.17, 15) is 9.90 Å². The summed E-state index contributed by atoms with van der Waals surface area (Å²) in [4.78, 5) is 16.9. The number of rotatable bonds is 3. The summed E-state index contributed by atoms with van der Waals surface area (Å²) < 4.78 is 5.75. The molecule has 0 aliphatic carbocycles. The molecule has 140 valence electrons. The number of hydrogen-bond acceptors (Lipinski definition) is 4. The van der Waals surface area contributed by atoms with E-state index in [1.807, 2.05) is 25.1 Å². The van der Waals surface area contributed by atoms with Crippen LogP contribution in [0.3, 0.4) is 0 Å². The number of benzene rings is 3. The Morgan fingerprint density at radius 1 is 1.04 bits per heavy atom. The van der Waals surface area contributed by atoms with Crippen molar-refractivity contribution >= 4 is 45.9 Å². The fraction of sp³-hybridized carbons (Fsp3) is 0.0476. The van der Waals surface area contributed by atoms with Crippen molar-refractivity contribution in [1.82, 2.24) is 4.98 Å². The van der Waals surface area contributed by atoms with Crippen LogP contribution in [0.25, 0.3) is 22.6 Å². The Labute approximate surface area is 170 Å². The maximum atomic E-state index is 12.5. The van der Waals surface area contributed by atoms with Crippen LogP contribution in [-0.2, 0) is 0 Å². The number of carbonyl (C=O) groups excluding carboxylic acids is 1. The standard InChI is InChI=1S/C21H14Cl2N2O3/c1-11-2-7-19-17(8-11)25-21(28-19)14-10-13(4-6-18(14)26)24-20(27)12-3-5-15(22)16(23)9-12/h2-10,26H,1H3,(H,24,27). The van der Waals surface area contributed by atoms with Crippen LogP contribution in [0.5, 0.6) is 5.75 Å². The summed E-state index contributed by atoms with van der Waals surface area (Å²) >= 11 is 11.9. The highest BCUT2D eigenvalue weighted by Crippen LogP contribution is 2.33. The first kappa shape index (κ1) is 18.3. The van der Waals surface area contributed by atoms with E-state index in [0.717, 1.165) is 5.56 Å². The van der Waals surface area contributed by atoms with Crippen molar-refractivity contribution in [2.75, 3.05) is 5.32 Å². The molecular formula is C21H14Cl2N2O3. The van der Waals surface area contributed by atoms with Crippen LogP contribution in [-0.4, -0.2) is 16.0 Å². The molecule has 0 saturated carbocycles. The molecule has 1 heterocycles. The van der Waals surface area contributed by atoms with E-state index in [4.69, 9.17) is 27.6 Å². The molecule has 0 atom stereocenters. The molecule has 1 aromatic heterocycles. The van der Waals surface area contributed by atoms with Gasteiger partial charge in [-0.25, -0.2) is 4.98 Å². The van der Waals surface area contributed by atoms with Crippen molar-refractivity contribution < 1.29 is 14.3 Å². The molecule has 0 saturated heterocycles. The van der Waals surface area contributed by atoms with Crippen molar-refractivity contribution in [2.45, 2.75) is 6.92 Å². The van der Waals surface area contributed by atoms with Crippen LogP contribution >= 0.6 is 23.2 Å². The Balaban J connectivity index is 1.66. The number of fused-ring (bicyclic) bond motifs is 1. The number of hydrogen-bond donors (Lipinski definition) is 2.